The number of amidine groups is 1. The third-order valence-electron chi connectivity index (χ3n) is 4.30. The second-order valence-electron chi connectivity index (χ2n) is 6.16. The molecule has 1 N–H and O–H groups in total. The number of benzene rings is 2. The van der Waals surface area contributed by atoms with Crippen molar-refractivity contribution in [1.29, 1.82) is 0 Å². The molecular formula is C21H23N3O4S. The Morgan fingerprint density at radius 1 is 1.24 bits per heavy atom. The van der Waals surface area contributed by atoms with Crippen molar-refractivity contribution in [2.24, 2.45) is 4.99 Å². The molecule has 0 aliphatic carbocycles. The van der Waals surface area contributed by atoms with Crippen molar-refractivity contribution in [3.63, 3.8) is 0 Å². The molecule has 8 heteroatoms. The van der Waals surface area contributed by atoms with E-state index in [1.807, 2.05) is 31.2 Å². The monoisotopic (exact) mass is 413 g/mol. The highest BCUT2D eigenvalue weighted by Gasteiger charge is 2.41. The maximum Gasteiger partial charge on any atom is 0.247 e. The number of nitrogens with zero attached hydrogens (tertiary/aromatic N) is 2. The number of rotatable bonds is 6. The average molecular weight is 413 g/mol. The van der Waals surface area contributed by atoms with E-state index in [4.69, 9.17) is 9.47 Å². The Balaban J connectivity index is 1.74. The van der Waals surface area contributed by atoms with Crippen molar-refractivity contribution < 1.29 is 19.1 Å². The van der Waals surface area contributed by atoms with E-state index in [9.17, 15) is 9.59 Å². The number of nitrogens with one attached hydrogen (secondary N) is 1. The van der Waals surface area contributed by atoms with Gasteiger partial charge in [-0.25, -0.2) is 4.90 Å². The Labute approximate surface area is 174 Å². The van der Waals surface area contributed by atoms with Gasteiger partial charge in [-0.05, 0) is 31.2 Å². The minimum absolute atomic E-state index is 0.106. The predicted octanol–water partition coefficient (Wildman–Crippen LogP) is 3.56. The highest BCUT2D eigenvalue weighted by molar-refractivity contribution is 8.15. The molecule has 1 heterocycles. The van der Waals surface area contributed by atoms with Crippen molar-refractivity contribution in [3.05, 3.63) is 48.5 Å². The van der Waals surface area contributed by atoms with E-state index in [-0.39, 0.29) is 18.2 Å². The number of hydrogen-bond acceptors (Lipinski definition) is 6. The number of methoxy groups -OCH3 is 1. The first kappa shape index (κ1) is 20.7. The highest BCUT2D eigenvalue weighted by Crippen LogP contribution is 2.33. The van der Waals surface area contributed by atoms with Crippen LogP contribution < -0.4 is 19.7 Å². The van der Waals surface area contributed by atoms with Crippen LogP contribution in [0.4, 0.5) is 11.4 Å². The topological polar surface area (TPSA) is 80.2 Å². The van der Waals surface area contributed by atoms with Gasteiger partial charge in [-0.1, -0.05) is 30.0 Å². The summed E-state index contributed by atoms with van der Waals surface area (Å²) in [6, 6.07) is 14.4. The van der Waals surface area contributed by atoms with Crippen LogP contribution in [0.25, 0.3) is 0 Å². The first-order valence-electron chi connectivity index (χ1n) is 9.20. The Bertz CT molecular complexity index is 932. The predicted molar refractivity (Wildman–Crippen MR) is 116 cm³/mol. The molecule has 2 aromatic carbocycles. The summed E-state index contributed by atoms with van der Waals surface area (Å²) in [6.45, 7) is 2.39. The molecule has 3 rings (SSSR count). The number of thioether (sulfide) groups is 1. The van der Waals surface area contributed by atoms with Crippen LogP contribution in [0.3, 0.4) is 0 Å². The zero-order chi connectivity index (χ0) is 20.8. The lowest BCUT2D eigenvalue weighted by Crippen LogP contribution is -2.31. The van der Waals surface area contributed by atoms with Gasteiger partial charge in [-0.2, -0.15) is 0 Å². The molecule has 0 bridgehead atoms. The molecule has 0 spiro atoms. The van der Waals surface area contributed by atoms with E-state index in [0.717, 1.165) is 5.69 Å². The molecular weight excluding hydrogens is 390 g/mol. The summed E-state index contributed by atoms with van der Waals surface area (Å²) in [6.07, 6.45) is 0.106. The number of aliphatic imine (C=N–C) groups is 1. The number of amides is 2. The van der Waals surface area contributed by atoms with Crippen LogP contribution in [0.1, 0.15) is 13.3 Å². The lowest BCUT2D eigenvalue weighted by atomic mass is 10.3. The number of anilines is 2. The minimum atomic E-state index is -0.556. The quantitative estimate of drug-likeness (QED) is 0.443. The summed E-state index contributed by atoms with van der Waals surface area (Å²) in [4.78, 5) is 31.0. The molecule has 1 aliphatic rings. The van der Waals surface area contributed by atoms with Gasteiger partial charge < -0.3 is 14.8 Å². The molecule has 1 saturated heterocycles. The Morgan fingerprint density at radius 3 is 2.76 bits per heavy atom. The highest BCUT2D eigenvalue weighted by atomic mass is 32.2. The maximum atomic E-state index is 12.9. The van der Waals surface area contributed by atoms with Gasteiger partial charge in [-0.15, -0.1) is 0 Å². The van der Waals surface area contributed by atoms with Gasteiger partial charge in [0.1, 0.15) is 16.7 Å². The number of imide groups is 1. The van der Waals surface area contributed by atoms with Crippen LogP contribution in [-0.2, 0) is 9.59 Å². The van der Waals surface area contributed by atoms with Crippen molar-refractivity contribution in [3.8, 4) is 11.5 Å². The fourth-order valence-corrected chi connectivity index (χ4v) is 3.96. The largest absolute Gasteiger partial charge is 0.495 e. The van der Waals surface area contributed by atoms with Gasteiger partial charge in [0.25, 0.3) is 0 Å². The lowest BCUT2D eigenvalue weighted by Gasteiger charge is -2.17. The third-order valence-corrected chi connectivity index (χ3v) is 5.46. The maximum absolute atomic E-state index is 12.9. The van der Waals surface area contributed by atoms with Gasteiger partial charge >= 0.3 is 0 Å². The summed E-state index contributed by atoms with van der Waals surface area (Å²) >= 11 is 1.23. The van der Waals surface area contributed by atoms with Gasteiger partial charge in [0.2, 0.25) is 11.8 Å². The second-order valence-corrected chi connectivity index (χ2v) is 7.35. The molecule has 7 nitrogen and oxygen atoms in total. The molecule has 1 aliphatic heterocycles. The molecule has 2 amide bonds. The molecule has 29 heavy (non-hydrogen) atoms. The van der Waals surface area contributed by atoms with Gasteiger partial charge in [0, 0.05) is 19.5 Å². The molecule has 1 fully saturated rings. The number of carbonyl (C=O) groups is 2. The Hall–Kier alpha value is -3.00. The van der Waals surface area contributed by atoms with Crippen LogP contribution in [-0.4, -0.2) is 43.0 Å². The molecule has 1 atom stereocenters. The van der Waals surface area contributed by atoms with Crippen LogP contribution in [0.15, 0.2) is 53.5 Å². The third kappa shape index (κ3) is 4.71. The molecule has 0 saturated carbocycles. The zero-order valence-electron chi connectivity index (χ0n) is 16.5. The Morgan fingerprint density at radius 2 is 2.03 bits per heavy atom. The van der Waals surface area contributed by atoms with Crippen molar-refractivity contribution >= 4 is 40.1 Å². The molecule has 0 unspecified atom stereocenters. The van der Waals surface area contributed by atoms with Gasteiger partial charge in [-0.3, -0.25) is 14.6 Å². The van der Waals surface area contributed by atoms with Crippen molar-refractivity contribution in [1.82, 2.24) is 0 Å². The number of carbonyl (C=O) groups excluding carboxylic acids is 2. The first-order chi connectivity index (χ1) is 14.1. The number of ether oxygens (including phenoxy) is 2. The van der Waals surface area contributed by atoms with E-state index in [1.165, 1.54) is 16.7 Å². The van der Waals surface area contributed by atoms with Crippen molar-refractivity contribution in [2.75, 3.05) is 31.0 Å². The molecule has 0 radical (unpaired) electrons. The van der Waals surface area contributed by atoms with E-state index in [1.54, 1.807) is 38.4 Å². The van der Waals surface area contributed by atoms with E-state index in [2.05, 4.69) is 10.3 Å². The average Bonchev–Trinajstić information content (AvgIpc) is 3.01. The summed E-state index contributed by atoms with van der Waals surface area (Å²) in [7, 11) is 3.22. The SMILES string of the molecule is CCOc1cccc(N2C(=O)C[C@@H](SC(=NC)Nc3ccccc3OC)C2=O)c1. The fourth-order valence-electron chi connectivity index (χ4n) is 2.98. The van der Waals surface area contributed by atoms with Crippen LogP contribution in [0.2, 0.25) is 0 Å². The molecule has 2 aromatic rings. The van der Waals surface area contributed by atoms with Crippen LogP contribution in [0.5, 0.6) is 11.5 Å². The molecule has 152 valence electrons. The summed E-state index contributed by atoms with van der Waals surface area (Å²) in [5.74, 6) is 0.776. The number of hydrogen-bond donors (Lipinski definition) is 1. The second kappa shape index (κ2) is 9.47. The van der Waals surface area contributed by atoms with E-state index < -0.39 is 5.25 Å². The first-order valence-corrected chi connectivity index (χ1v) is 10.1. The normalized spacial score (nSPS) is 16.9. The number of para-hydroxylation sites is 2. The van der Waals surface area contributed by atoms with Gasteiger partial charge in [0.15, 0.2) is 5.17 Å². The Kier molecular flexibility index (Phi) is 6.77. The van der Waals surface area contributed by atoms with E-state index >= 15 is 0 Å². The van der Waals surface area contributed by atoms with Crippen LogP contribution in [0, 0.1) is 0 Å². The standard InChI is InChI=1S/C21H23N3O4S/c1-4-28-15-9-7-8-14(12-15)24-19(25)13-18(20(24)26)29-21(22-2)23-16-10-5-6-11-17(16)27-3/h5-12,18H,4,13H2,1-3H3,(H,22,23)/t18-/m1/s1. The summed E-state index contributed by atoms with van der Waals surface area (Å²) in [5.41, 5.74) is 1.25. The summed E-state index contributed by atoms with van der Waals surface area (Å²) in [5, 5.41) is 3.15. The van der Waals surface area contributed by atoms with Gasteiger partial charge in [0.05, 0.1) is 25.1 Å². The van der Waals surface area contributed by atoms with Crippen molar-refractivity contribution in [2.45, 2.75) is 18.6 Å². The summed E-state index contributed by atoms with van der Waals surface area (Å²) < 4.78 is 10.8. The lowest BCUT2D eigenvalue weighted by molar-refractivity contribution is -0.121. The van der Waals surface area contributed by atoms with Crippen LogP contribution >= 0.6 is 11.8 Å². The molecule has 0 aromatic heterocycles. The minimum Gasteiger partial charge on any atom is -0.495 e. The van der Waals surface area contributed by atoms with E-state index in [0.29, 0.717) is 29.0 Å². The zero-order valence-corrected chi connectivity index (χ0v) is 17.4. The fraction of sp³-hybridized carbons (Fsp3) is 0.286. The smallest absolute Gasteiger partial charge is 0.247 e.